The number of carbonyl (C=O) groups is 1. The molecule has 8 nitrogen and oxygen atoms in total. The molecule has 0 spiro atoms. The summed E-state index contributed by atoms with van der Waals surface area (Å²) in [5.74, 6) is 2.77. The standard InChI is InChI=1S/C24H29N7O/c1-14-15(4-7-22(26-14)31-11-16-8-17(16)12-31)9-18-10-21(30(3)28-18)24(32)27-19-5-6-20-23(19)25-13-29(20)2/h4,7,10,13,16-17,19H,5-6,8-9,11-12H2,1-3H3,(H,27,32)/t16-,17?,19+/m0/s1. The smallest absolute Gasteiger partial charge is 0.270 e. The van der Waals surface area contributed by atoms with E-state index in [9.17, 15) is 4.79 Å². The van der Waals surface area contributed by atoms with Crippen LogP contribution in [0.15, 0.2) is 24.5 Å². The lowest BCUT2D eigenvalue weighted by atomic mass is 10.1. The molecule has 1 unspecified atom stereocenters. The highest BCUT2D eigenvalue weighted by Gasteiger charge is 2.45. The Morgan fingerprint density at radius 3 is 2.81 bits per heavy atom. The summed E-state index contributed by atoms with van der Waals surface area (Å²) in [6.45, 7) is 4.36. The van der Waals surface area contributed by atoms with Gasteiger partial charge in [-0.05, 0) is 55.7 Å². The Labute approximate surface area is 187 Å². The monoisotopic (exact) mass is 431 g/mol. The molecule has 2 aliphatic carbocycles. The van der Waals surface area contributed by atoms with E-state index in [4.69, 9.17) is 4.98 Å². The number of carbonyl (C=O) groups excluding carboxylic acids is 1. The van der Waals surface area contributed by atoms with Crippen LogP contribution in [0.2, 0.25) is 0 Å². The summed E-state index contributed by atoms with van der Waals surface area (Å²) in [5.41, 5.74) is 5.83. The van der Waals surface area contributed by atoms with E-state index >= 15 is 0 Å². The van der Waals surface area contributed by atoms with Crippen molar-refractivity contribution in [2.45, 2.75) is 38.6 Å². The molecule has 2 fully saturated rings. The first-order valence-electron chi connectivity index (χ1n) is 11.5. The number of hydrogen-bond acceptors (Lipinski definition) is 5. The molecule has 3 atom stereocenters. The third-order valence-electron chi connectivity index (χ3n) is 7.41. The zero-order chi connectivity index (χ0) is 22.0. The van der Waals surface area contributed by atoms with E-state index in [-0.39, 0.29) is 11.9 Å². The van der Waals surface area contributed by atoms with Gasteiger partial charge in [-0.2, -0.15) is 5.10 Å². The fourth-order valence-electron chi connectivity index (χ4n) is 5.41. The summed E-state index contributed by atoms with van der Waals surface area (Å²) in [7, 11) is 3.83. The normalized spacial score (nSPS) is 23.3. The molecule has 32 heavy (non-hydrogen) atoms. The Balaban J connectivity index is 1.15. The third-order valence-corrected chi connectivity index (χ3v) is 7.41. The van der Waals surface area contributed by atoms with Crippen LogP contribution in [0, 0.1) is 18.8 Å². The lowest BCUT2D eigenvalue weighted by Gasteiger charge is -2.20. The summed E-state index contributed by atoms with van der Waals surface area (Å²) in [4.78, 5) is 24.7. The van der Waals surface area contributed by atoms with Gasteiger partial charge in [0.1, 0.15) is 11.5 Å². The molecule has 3 aromatic rings. The number of nitrogens with zero attached hydrogens (tertiary/aromatic N) is 6. The maximum absolute atomic E-state index is 13.0. The van der Waals surface area contributed by atoms with Gasteiger partial charge in [-0.15, -0.1) is 0 Å². The van der Waals surface area contributed by atoms with Crippen LogP contribution in [-0.4, -0.2) is 43.3 Å². The van der Waals surface area contributed by atoms with Crippen molar-refractivity contribution in [3.8, 4) is 0 Å². The van der Waals surface area contributed by atoms with E-state index < -0.39 is 0 Å². The number of hydrogen-bond donors (Lipinski definition) is 1. The zero-order valence-electron chi connectivity index (χ0n) is 18.9. The van der Waals surface area contributed by atoms with E-state index in [0.717, 1.165) is 66.2 Å². The molecule has 1 saturated carbocycles. The Morgan fingerprint density at radius 1 is 1.22 bits per heavy atom. The van der Waals surface area contributed by atoms with Crippen molar-refractivity contribution in [2.75, 3.05) is 18.0 Å². The predicted octanol–water partition coefficient (Wildman–Crippen LogP) is 2.32. The molecule has 1 aliphatic heterocycles. The minimum atomic E-state index is -0.104. The van der Waals surface area contributed by atoms with E-state index in [1.54, 1.807) is 4.68 Å². The van der Waals surface area contributed by atoms with E-state index in [0.29, 0.717) is 12.1 Å². The van der Waals surface area contributed by atoms with Crippen LogP contribution in [-0.2, 0) is 26.9 Å². The minimum absolute atomic E-state index is 0.0346. The van der Waals surface area contributed by atoms with Crippen LogP contribution >= 0.6 is 0 Å². The van der Waals surface area contributed by atoms with Gasteiger partial charge >= 0.3 is 0 Å². The van der Waals surface area contributed by atoms with Gasteiger partial charge in [0.2, 0.25) is 0 Å². The SMILES string of the molecule is Cc1nc(N2CC3C[C@H]3C2)ccc1Cc1cc(C(=O)N[C@@H]2CCc3c2ncn3C)n(C)n1. The topological polar surface area (TPSA) is 80.9 Å². The fourth-order valence-corrected chi connectivity index (χ4v) is 5.41. The number of imidazole rings is 1. The Bertz CT molecular complexity index is 1200. The molecule has 0 bridgehead atoms. The van der Waals surface area contributed by atoms with Gasteiger partial charge in [-0.3, -0.25) is 9.48 Å². The highest BCUT2D eigenvalue weighted by Crippen LogP contribution is 2.46. The highest BCUT2D eigenvalue weighted by atomic mass is 16.2. The first kappa shape index (κ1) is 19.5. The van der Waals surface area contributed by atoms with Gasteiger partial charge in [0.25, 0.3) is 5.91 Å². The van der Waals surface area contributed by atoms with E-state index in [2.05, 4.69) is 39.4 Å². The van der Waals surface area contributed by atoms with Gasteiger partial charge in [0.15, 0.2) is 0 Å². The second kappa shape index (κ2) is 7.18. The Morgan fingerprint density at radius 2 is 2.03 bits per heavy atom. The molecule has 1 N–H and O–H groups in total. The van der Waals surface area contributed by atoms with Crippen molar-refractivity contribution in [1.29, 1.82) is 0 Å². The van der Waals surface area contributed by atoms with Crippen molar-refractivity contribution >= 4 is 11.7 Å². The number of piperidine rings is 1. The molecule has 4 heterocycles. The summed E-state index contributed by atoms with van der Waals surface area (Å²) in [6, 6.07) is 6.16. The number of amides is 1. The zero-order valence-corrected chi connectivity index (χ0v) is 18.9. The van der Waals surface area contributed by atoms with Crippen molar-refractivity contribution in [1.82, 2.24) is 29.6 Å². The fraction of sp³-hybridized carbons (Fsp3) is 0.500. The molecular formula is C24H29N7O. The molecule has 8 heteroatoms. The second-order valence-electron chi connectivity index (χ2n) is 9.65. The van der Waals surface area contributed by atoms with Gasteiger partial charge in [0.05, 0.1) is 23.8 Å². The van der Waals surface area contributed by atoms with Gasteiger partial charge in [0, 0.05) is 45.0 Å². The highest BCUT2D eigenvalue weighted by molar-refractivity contribution is 5.93. The molecule has 3 aromatic heterocycles. The minimum Gasteiger partial charge on any atom is -0.356 e. The summed E-state index contributed by atoms with van der Waals surface area (Å²) in [5, 5.41) is 7.75. The molecule has 166 valence electrons. The molecule has 1 saturated heterocycles. The van der Waals surface area contributed by atoms with Crippen LogP contribution in [0.3, 0.4) is 0 Å². The number of nitrogens with one attached hydrogen (secondary N) is 1. The molecule has 0 radical (unpaired) electrons. The number of anilines is 1. The average Bonchev–Trinajstić information content (AvgIpc) is 3.17. The first-order valence-corrected chi connectivity index (χ1v) is 11.5. The largest absolute Gasteiger partial charge is 0.356 e. The van der Waals surface area contributed by atoms with Gasteiger partial charge < -0.3 is 14.8 Å². The lowest BCUT2D eigenvalue weighted by molar-refractivity contribution is 0.0926. The van der Waals surface area contributed by atoms with Gasteiger partial charge in [-0.25, -0.2) is 9.97 Å². The van der Waals surface area contributed by atoms with Crippen LogP contribution in [0.1, 0.15) is 57.7 Å². The third kappa shape index (κ3) is 3.29. The van der Waals surface area contributed by atoms with Crippen molar-refractivity contribution < 1.29 is 4.79 Å². The van der Waals surface area contributed by atoms with Gasteiger partial charge in [-0.1, -0.05) is 6.07 Å². The first-order chi connectivity index (χ1) is 15.5. The number of pyridine rings is 1. The van der Waals surface area contributed by atoms with E-state index in [1.165, 1.54) is 12.1 Å². The number of rotatable bonds is 5. The summed E-state index contributed by atoms with van der Waals surface area (Å²) >= 11 is 0. The molecule has 1 amide bonds. The van der Waals surface area contributed by atoms with Crippen LogP contribution < -0.4 is 10.2 Å². The maximum atomic E-state index is 13.0. The van der Waals surface area contributed by atoms with Crippen molar-refractivity contribution in [3.63, 3.8) is 0 Å². The molecule has 6 rings (SSSR count). The lowest BCUT2D eigenvalue weighted by Crippen LogP contribution is -2.29. The quantitative estimate of drug-likeness (QED) is 0.671. The Kier molecular flexibility index (Phi) is 4.38. The number of aryl methyl sites for hydroxylation is 3. The van der Waals surface area contributed by atoms with Crippen molar-refractivity contribution in [2.24, 2.45) is 25.9 Å². The average molecular weight is 432 g/mol. The molecule has 0 aromatic carbocycles. The predicted molar refractivity (Wildman–Crippen MR) is 121 cm³/mol. The molecule has 3 aliphatic rings. The summed E-state index contributed by atoms with van der Waals surface area (Å²) < 4.78 is 3.71. The van der Waals surface area contributed by atoms with Crippen LogP contribution in [0.5, 0.6) is 0 Å². The summed E-state index contributed by atoms with van der Waals surface area (Å²) in [6.07, 6.45) is 5.71. The van der Waals surface area contributed by atoms with E-state index in [1.807, 2.05) is 31.1 Å². The van der Waals surface area contributed by atoms with Crippen LogP contribution in [0.25, 0.3) is 0 Å². The molecular weight excluding hydrogens is 402 g/mol. The van der Waals surface area contributed by atoms with Crippen molar-refractivity contribution in [3.05, 3.63) is 58.6 Å². The maximum Gasteiger partial charge on any atom is 0.270 e. The Hall–Kier alpha value is -3.16. The second-order valence-corrected chi connectivity index (χ2v) is 9.65. The number of aromatic nitrogens is 5. The van der Waals surface area contributed by atoms with Crippen LogP contribution in [0.4, 0.5) is 5.82 Å². The number of fused-ring (bicyclic) bond motifs is 2.